The van der Waals surface area contributed by atoms with Gasteiger partial charge in [-0.1, -0.05) is 0 Å². The first-order chi connectivity index (χ1) is 9.40. The van der Waals surface area contributed by atoms with Gasteiger partial charge in [-0.05, 0) is 37.8 Å². The van der Waals surface area contributed by atoms with E-state index in [2.05, 4.69) is 4.72 Å². The largest absolute Gasteiger partial charge is 0.398 e. The van der Waals surface area contributed by atoms with E-state index in [4.69, 9.17) is 10.5 Å². The molecule has 0 saturated carbocycles. The van der Waals surface area contributed by atoms with Gasteiger partial charge in [0, 0.05) is 31.0 Å². The van der Waals surface area contributed by atoms with Crippen molar-refractivity contribution in [1.82, 2.24) is 4.72 Å². The molecule has 1 saturated heterocycles. The van der Waals surface area contributed by atoms with E-state index in [0.717, 1.165) is 19.1 Å². The van der Waals surface area contributed by atoms with Gasteiger partial charge in [-0.2, -0.15) is 0 Å². The van der Waals surface area contributed by atoms with Crippen molar-refractivity contribution in [2.45, 2.75) is 24.7 Å². The first-order valence-electron chi connectivity index (χ1n) is 6.53. The van der Waals surface area contributed by atoms with Gasteiger partial charge in [0.2, 0.25) is 10.0 Å². The Morgan fingerprint density at radius 2 is 2.25 bits per heavy atom. The van der Waals surface area contributed by atoms with E-state index in [1.54, 1.807) is 0 Å². The molecule has 7 heteroatoms. The van der Waals surface area contributed by atoms with Crippen LogP contribution in [-0.2, 0) is 14.8 Å². The Kier molecular flexibility index (Phi) is 4.62. The van der Waals surface area contributed by atoms with E-state index in [0.29, 0.717) is 25.5 Å². The van der Waals surface area contributed by atoms with Crippen molar-refractivity contribution in [2.24, 2.45) is 5.92 Å². The van der Waals surface area contributed by atoms with Crippen LogP contribution in [0.2, 0.25) is 0 Å². The van der Waals surface area contributed by atoms with Gasteiger partial charge in [-0.15, -0.1) is 0 Å². The number of halogens is 1. The number of hydrogen-bond donors (Lipinski definition) is 2. The molecule has 1 aliphatic rings. The van der Waals surface area contributed by atoms with Crippen molar-refractivity contribution >= 4 is 15.7 Å². The van der Waals surface area contributed by atoms with Gasteiger partial charge in [0.1, 0.15) is 5.82 Å². The lowest BCUT2D eigenvalue weighted by Gasteiger charge is -2.11. The highest BCUT2D eigenvalue weighted by Gasteiger charge is 2.19. The maximum absolute atomic E-state index is 13.5. The summed E-state index contributed by atoms with van der Waals surface area (Å²) < 4.78 is 45.4. The zero-order valence-electron chi connectivity index (χ0n) is 11.4. The second kappa shape index (κ2) is 6.07. The smallest absolute Gasteiger partial charge is 0.240 e. The fourth-order valence-corrected chi connectivity index (χ4v) is 3.22. The Balaban J connectivity index is 2.02. The van der Waals surface area contributed by atoms with Gasteiger partial charge in [0.05, 0.1) is 4.90 Å². The lowest BCUT2D eigenvalue weighted by Crippen LogP contribution is -2.26. The van der Waals surface area contributed by atoms with Gasteiger partial charge in [-0.25, -0.2) is 17.5 Å². The van der Waals surface area contributed by atoms with Crippen molar-refractivity contribution in [3.63, 3.8) is 0 Å². The predicted octanol–water partition coefficient (Wildman–Crippen LogP) is 1.42. The van der Waals surface area contributed by atoms with Crippen LogP contribution in [0.4, 0.5) is 10.1 Å². The number of rotatable bonds is 5. The van der Waals surface area contributed by atoms with Crippen LogP contribution in [0, 0.1) is 18.7 Å². The van der Waals surface area contributed by atoms with E-state index < -0.39 is 15.8 Å². The average Bonchev–Trinajstić information content (AvgIpc) is 2.88. The van der Waals surface area contributed by atoms with E-state index >= 15 is 0 Å². The SMILES string of the molecule is Cc1c(N)cc(S(=O)(=O)NCCC2CCOC2)cc1F. The van der Waals surface area contributed by atoms with Gasteiger partial charge >= 0.3 is 0 Å². The minimum Gasteiger partial charge on any atom is -0.398 e. The fraction of sp³-hybridized carbons (Fsp3) is 0.538. The molecule has 1 atom stereocenters. The molecule has 0 aromatic heterocycles. The topological polar surface area (TPSA) is 81.4 Å². The molecule has 0 aliphatic carbocycles. The van der Waals surface area contributed by atoms with Crippen LogP contribution < -0.4 is 10.5 Å². The molecule has 2 rings (SSSR count). The van der Waals surface area contributed by atoms with Crippen molar-refractivity contribution in [1.29, 1.82) is 0 Å². The van der Waals surface area contributed by atoms with E-state index in [9.17, 15) is 12.8 Å². The Morgan fingerprint density at radius 1 is 1.50 bits per heavy atom. The van der Waals surface area contributed by atoms with Crippen molar-refractivity contribution in [3.05, 3.63) is 23.5 Å². The molecule has 1 unspecified atom stereocenters. The molecule has 1 aliphatic heterocycles. The van der Waals surface area contributed by atoms with Crippen molar-refractivity contribution in [2.75, 3.05) is 25.5 Å². The molecule has 1 heterocycles. The molecule has 20 heavy (non-hydrogen) atoms. The number of hydrogen-bond acceptors (Lipinski definition) is 4. The summed E-state index contributed by atoms with van der Waals surface area (Å²) in [6.07, 6.45) is 1.66. The van der Waals surface area contributed by atoms with Crippen LogP contribution in [0.1, 0.15) is 18.4 Å². The average molecular weight is 302 g/mol. The number of benzene rings is 1. The number of anilines is 1. The van der Waals surface area contributed by atoms with Crippen LogP contribution in [-0.4, -0.2) is 28.2 Å². The van der Waals surface area contributed by atoms with Crippen molar-refractivity contribution < 1.29 is 17.5 Å². The zero-order valence-corrected chi connectivity index (χ0v) is 12.2. The summed E-state index contributed by atoms with van der Waals surface area (Å²) in [6.45, 7) is 3.23. The summed E-state index contributed by atoms with van der Waals surface area (Å²) in [4.78, 5) is -0.138. The van der Waals surface area contributed by atoms with E-state index in [1.807, 2.05) is 0 Å². The molecule has 0 amide bonds. The number of sulfonamides is 1. The minimum atomic E-state index is -3.72. The summed E-state index contributed by atoms with van der Waals surface area (Å²) in [7, 11) is -3.72. The molecular weight excluding hydrogens is 283 g/mol. The first kappa shape index (κ1) is 15.2. The summed E-state index contributed by atoms with van der Waals surface area (Å²) in [6, 6.07) is 2.27. The molecule has 0 spiro atoms. The highest BCUT2D eigenvalue weighted by molar-refractivity contribution is 7.89. The Labute approximate surface area is 118 Å². The van der Waals surface area contributed by atoms with Crippen molar-refractivity contribution in [3.8, 4) is 0 Å². The fourth-order valence-electron chi connectivity index (χ4n) is 2.12. The minimum absolute atomic E-state index is 0.134. The van der Waals surface area contributed by atoms with E-state index in [-0.39, 0.29) is 16.1 Å². The number of nitrogen functional groups attached to an aromatic ring is 1. The molecule has 1 fully saturated rings. The molecule has 0 radical (unpaired) electrons. The summed E-state index contributed by atoms with van der Waals surface area (Å²) in [5, 5.41) is 0. The lowest BCUT2D eigenvalue weighted by molar-refractivity contribution is 0.184. The third-order valence-electron chi connectivity index (χ3n) is 3.54. The Bertz CT molecular complexity index is 560. The van der Waals surface area contributed by atoms with Crippen LogP contribution in [0.3, 0.4) is 0 Å². The molecule has 0 bridgehead atoms. The maximum Gasteiger partial charge on any atom is 0.240 e. The van der Waals surface area contributed by atoms with Gasteiger partial charge < -0.3 is 10.5 Å². The van der Waals surface area contributed by atoms with Gasteiger partial charge in [-0.3, -0.25) is 0 Å². The molecule has 112 valence electrons. The number of nitrogens with one attached hydrogen (secondary N) is 1. The highest BCUT2D eigenvalue weighted by atomic mass is 32.2. The second-order valence-corrected chi connectivity index (χ2v) is 6.80. The molecule has 3 N–H and O–H groups in total. The zero-order chi connectivity index (χ0) is 14.8. The molecule has 5 nitrogen and oxygen atoms in total. The third kappa shape index (κ3) is 3.47. The third-order valence-corrected chi connectivity index (χ3v) is 4.98. The summed E-state index contributed by atoms with van der Waals surface area (Å²) in [5.41, 5.74) is 5.99. The van der Waals surface area contributed by atoms with Crippen LogP contribution >= 0.6 is 0 Å². The standard InChI is InChI=1S/C13H19FN2O3S/c1-9-12(14)6-11(7-13(9)15)20(17,18)16-4-2-10-3-5-19-8-10/h6-7,10,16H,2-5,8,15H2,1H3. The maximum atomic E-state index is 13.5. The highest BCUT2D eigenvalue weighted by Crippen LogP contribution is 2.21. The number of ether oxygens (including phenoxy) is 1. The molecule has 1 aromatic rings. The normalized spacial score (nSPS) is 19.4. The summed E-state index contributed by atoms with van der Waals surface area (Å²) >= 11 is 0. The lowest BCUT2D eigenvalue weighted by atomic mass is 10.1. The Hall–Kier alpha value is -1.18. The molecular formula is C13H19FN2O3S. The quantitative estimate of drug-likeness (QED) is 0.806. The van der Waals surface area contributed by atoms with E-state index in [1.165, 1.54) is 13.0 Å². The van der Waals surface area contributed by atoms with Crippen LogP contribution in [0.15, 0.2) is 17.0 Å². The monoisotopic (exact) mass is 302 g/mol. The second-order valence-electron chi connectivity index (χ2n) is 5.04. The molecule has 1 aromatic carbocycles. The summed E-state index contributed by atoms with van der Waals surface area (Å²) in [5.74, 6) is -0.230. The number of nitrogens with two attached hydrogens (primary N) is 1. The first-order valence-corrected chi connectivity index (χ1v) is 8.01. The van der Waals surface area contributed by atoms with Gasteiger partial charge in [0.25, 0.3) is 0 Å². The Morgan fingerprint density at radius 3 is 2.85 bits per heavy atom. The van der Waals surface area contributed by atoms with Gasteiger partial charge in [0.15, 0.2) is 0 Å². The predicted molar refractivity (Wildman–Crippen MR) is 74.3 cm³/mol. The van der Waals surface area contributed by atoms with Crippen LogP contribution in [0.5, 0.6) is 0 Å². The van der Waals surface area contributed by atoms with Crippen LogP contribution in [0.25, 0.3) is 0 Å².